The van der Waals surface area contributed by atoms with Crippen molar-refractivity contribution in [2.24, 2.45) is 5.92 Å². The molecule has 0 N–H and O–H groups in total. The second-order valence-corrected chi connectivity index (χ2v) is 7.89. The summed E-state index contributed by atoms with van der Waals surface area (Å²) in [7, 11) is 0. The van der Waals surface area contributed by atoms with Gasteiger partial charge in [0.15, 0.2) is 11.6 Å². The predicted octanol–water partition coefficient (Wildman–Crippen LogP) is 8.32. The highest BCUT2D eigenvalue weighted by molar-refractivity contribution is 5.68. The Balaban J connectivity index is 1.92. The lowest BCUT2D eigenvalue weighted by Crippen LogP contribution is -2.15. The third kappa shape index (κ3) is 4.50. The molecule has 30 heavy (non-hydrogen) atoms. The number of allylic oxidation sites excluding steroid dienone is 2. The lowest BCUT2D eigenvalue weighted by atomic mass is 9.76. The van der Waals surface area contributed by atoms with Gasteiger partial charge in [-0.25, -0.2) is 22.0 Å². The Morgan fingerprint density at radius 3 is 2.10 bits per heavy atom. The Morgan fingerprint density at radius 1 is 0.900 bits per heavy atom. The molecule has 0 aliphatic heterocycles. The summed E-state index contributed by atoms with van der Waals surface area (Å²) in [5, 5.41) is 0. The van der Waals surface area contributed by atoms with E-state index in [2.05, 4.69) is 6.58 Å². The molecule has 1 aliphatic rings. The molecule has 2 aromatic rings. The van der Waals surface area contributed by atoms with E-state index < -0.39 is 34.6 Å². The van der Waals surface area contributed by atoms with Crippen molar-refractivity contribution >= 4 is 6.08 Å². The van der Waals surface area contributed by atoms with Gasteiger partial charge in [-0.1, -0.05) is 18.2 Å². The molecule has 0 spiro atoms. The largest absolute Gasteiger partial charge is 0.206 e. The molecule has 0 atom stereocenters. The highest BCUT2D eigenvalue weighted by atomic mass is 19.2. The number of rotatable bonds is 6. The van der Waals surface area contributed by atoms with Gasteiger partial charge in [-0.2, -0.15) is 0 Å². The van der Waals surface area contributed by atoms with Crippen molar-refractivity contribution in [3.63, 3.8) is 0 Å². The number of hydrogen-bond acceptors (Lipinski definition) is 0. The van der Waals surface area contributed by atoms with Crippen LogP contribution in [0.15, 0.2) is 36.9 Å². The van der Waals surface area contributed by atoms with E-state index >= 15 is 0 Å². The first kappa shape index (κ1) is 22.3. The van der Waals surface area contributed by atoms with Crippen molar-refractivity contribution in [3.8, 4) is 11.1 Å². The van der Waals surface area contributed by atoms with Crippen LogP contribution in [0.4, 0.5) is 22.0 Å². The second-order valence-electron chi connectivity index (χ2n) is 7.89. The Labute approximate surface area is 174 Å². The van der Waals surface area contributed by atoms with Gasteiger partial charge in [0.1, 0.15) is 17.5 Å². The van der Waals surface area contributed by atoms with Crippen LogP contribution in [0, 0.1) is 35.0 Å². The molecule has 160 valence electrons. The van der Waals surface area contributed by atoms with E-state index in [9.17, 15) is 22.0 Å². The van der Waals surface area contributed by atoms with Gasteiger partial charge >= 0.3 is 0 Å². The first-order chi connectivity index (χ1) is 14.4. The monoisotopic (exact) mass is 420 g/mol. The first-order valence-electron chi connectivity index (χ1n) is 10.3. The summed E-state index contributed by atoms with van der Waals surface area (Å²) >= 11 is 0. The zero-order valence-corrected chi connectivity index (χ0v) is 17.0. The van der Waals surface area contributed by atoms with Crippen molar-refractivity contribution in [2.75, 3.05) is 0 Å². The van der Waals surface area contributed by atoms with Crippen LogP contribution in [0.1, 0.15) is 62.5 Å². The number of halogens is 5. The lowest BCUT2D eigenvalue weighted by molar-refractivity contribution is 0.305. The van der Waals surface area contributed by atoms with E-state index in [1.54, 1.807) is 6.92 Å². The summed E-state index contributed by atoms with van der Waals surface area (Å²) < 4.78 is 72.9. The van der Waals surface area contributed by atoms with E-state index in [4.69, 9.17) is 0 Å². The normalized spacial score (nSPS) is 19.4. The molecule has 0 unspecified atom stereocenters. The molecule has 1 aliphatic carbocycles. The fraction of sp³-hybridized carbons (Fsp3) is 0.360. The van der Waals surface area contributed by atoms with Crippen molar-refractivity contribution < 1.29 is 22.0 Å². The van der Waals surface area contributed by atoms with Crippen molar-refractivity contribution in [1.29, 1.82) is 0 Å². The van der Waals surface area contributed by atoms with Crippen LogP contribution in [-0.2, 0) is 0 Å². The molecule has 1 fully saturated rings. The summed E-state index contributed by atoms with van der Waals surface area (Å²) in [4.78, 5) is 0. The summed E-state index contributed by atoms with van der Waals surface area (Å²) in [6, 6.07) is 2.63. The van der Waals surface area contributed by atoms with Gasteiger partial charge in [-0.05, 0) is 86.6 Å². The minimum atomic E-state index is -1.41. The molecular weight excluding hydrogens is 395 g/mol. The molecule has 2 aromatic carbocycles. The molecule has 0 saturated heterocycles. The molecular formula is C25H25F5. The molecule has 0 aromatic heterocycles. The lowest BCUT2D eigenvalue weighted by Gasteiger charge is -2.29. The summed E-state index contributed by atoms with van der Waals surface area (Å²) in [6.07, 6.45) is 9.50. The van der Waals surface area contributed by atoms with Gasteiger partial charge in [0.05, 0.1) is 5.56 Å². The average molecular weight is 420 g/mol. The number of hydrogen-bond donors (Lipinski definition) is 0. The molecule has 0 bridgehead atoms. The average Bonchev–Trinajstić information content (AvgIpc) is 2.72. The minimum Gasteiger partial charge on any atom is -0.206 e. The maximum absolute atomic E-state index is 14.9. The standard InChI is InChI=1S/C25H25F5/c1-3-5-7-15-8-10-16(11-9-15)19-14-22(28)23(25(30)24(19)29)17-12-20(26)18(6-4-2)21(27)13-17/h3-4,6,12-16H,1,5,7-11H2,2H3/b6-4+. The van der Waals surface area contributed by atoms with Crippen LogP contribution in [-0.4, -0.2) is 0 Å². The highest BCUT2D eigenvalue weighted by Gasteiger charge is 2.28. The second kappa shape index (κ2) is 9.59. The Kier molecular flexibility index (Phi) is 7.11. The summed E-state index contributed by atoms with van der Waals surface area (Å²) in [5.74, 6) is -5.26. The van der Waals surface area contributed by atoms with Crippen LogP contribution in [0.25, 0.3) is 17.2 Å². The van der Waals surface area contributed by atoms with E-state index in [0.717, 1.165) is 43.9 Å². The van der Waals surface area contributed by atoms with Crippen molar-refractivity contribution in [3.05, 3.63) is 77.1 Å². The Bertz CT molecular complexity index is 929. The van der Waals surface area contributed by atoms with Gasteiger partial charge in [-0.15, -0.1) is 6.58 Å². The number of benzene rings is 2. The summed E-state index contributed by atoms with van der Waals surface area (Å²) in [5.41, 5.74) is -1.43. The molecule has 1 saturated carbocycles. The van der Waals surface area contributed by atoms with Crippen LogP contribution >= 0.6 is 0 Å². The van der Waals surface area contributed by atoms with E-state index in [1.807, 2.05) is 6.08 Å². The molecule has 0 amide bonds. The van der Waals surface area contributed by atoms with Crippen LogP contribution in [0.5, 0.6) is 0 Å². The van der Waals surface area contributed by atoms with Crippen LogP contribution in [0.3, 0.4) is 0 Å². The van der Waals surface area contributed by atoms with Gasteiger partial charge < -0.3 is 0 Å². The van der Waals surface area contributed by atoms with Crippen molar-refractivity contribution in [1.82, 2.24) is 0 Å². The van der Waals surface area contributed by atoms with Crippen LogP contribution in [0.2, 0.25) is 0 Å². The zero-order valence-electron chi connectivity index (χ0n) is 17.0. The van der Waals surface area contributed by atoms with Gasteiger partial charge in [-0.3, -0.25) is 0 Å². The fourth-order valence-electron chi connectivity index (χ4n) is 4.35. The van der Waals surface area contributed by atoms with E-state index in [0.29, 0.717) is 18.8 Å². The van der Waals surface area contributed by atoms with Crippen LogP contribution < -0.4 is 0 Å². The topological polar surface area (TPSA) is 0 Å². The Morgan fingerprint density at radius 2 is 1.53 bits per heavy atom. The quantitative estimate of drug-likeness (QED) is 0.250. The minimum absolute atomic E-state index is 0.00222. The van der Waals surface area contributed by atoms with E-state index in [-0.39, 0.29) is 22.6 Å². The Hall–Kier alpha value is -2.43. The molecule has 0 heterocycles. The smallest absolute Gasteiger partial charge is 0.169 e. The predicted molar refractivity (Wildman–Crippen MR) is 111 cm³/mol. The van der Waals surface area contributed by atoms with Gasteiger partial charge in [0.2, 0.25) is 0 Å². The van der Waals surface area contributed by atoms with E-state index in [1.165, 1.54) is 12.2 Å². The van der Waals surface area contributed by atoms with Gasteiger partial charge in [0.25, 0.3) is 0 Å². The molecule has 5 heteroatoms. The third-order valence-electron chi connectivity index (χ3n) is 5.95. The van der Waals surface area contributed by atoms with Crippen molar-refractivity contribution in [2.45, 2.75) is 51.4 Å². The highest BCUT2D eigenvalue weighted by Crippen LogP contribution is 2.41. The maximum atomic E-state index is 14.9. The molecule has 3 rings (SSSR count). The zero-order chi connectivity index (χ0) is 21.8. The summed E-state index contributed by atoms with van der Waals surface area (Å²) in [6.45, 7) is 5.30. The SMILES string of the molecule is C=CCCC1CCC(c2cc(F)c(-c3cc(F)c(/C=C/C)c(F)c3)c(F)c2F)CC1. The fourth-order valence-corrected chi connectivity index (χ4v) is 4.35. The first-order valence-corrected chi connectivity index (χ1v) is 10.3. The molecule has 0 radical (unpaired) electrons. The third-order valence-corrected chi connectivity index (χ3v) is 5.95. The molecule has 0 nitrogen and oxygen atoms in total. The van der Waals surface area contributed by atoms with Gasteiger partial charge in [0, 0.05) is 5.56 Å². The maximum Gasteiger partial charge on any atom is 0.169 e.